The van der Waals surface area contributed by atoms with Crippen LogP contribution in [0.4, 0.5) is 0 Å². The number of carbonyl (C=O) groups excluding carboxylic acids is 2. The van der Waals surface area contributed by atoms with Crippen molar-refractivity contribution in [2.75, 3.05) is 20.2 Å². The number of piperidine rings is 1. The summed E-state index contributed by atoms with van der Waals surface area (Å²) in [6.45, 7) is 4.91. The van der Waals surface area contributed by atoms with Crippen molar-refractivity contribution in [2.45, 2.75) is 44.9 Å². The summed E-state index contributed by atoms with van der Waals surface area (Å²) in [5.74, 6) is 0.625. The molecule has 138 valence electrons. The van der Waals surface area contributed by atoms with Crippen LogP contribution in [0, 0.1) is 0 Å². The Hall–Kier alpha value is -2.28. The molecule has 0 saturated carbocycles. The van der Waals surface area contributed by atoms with Crippen molar-refractivity contribution in [3.8, 4) is 0 Å². The number of nitrogens with one attached hydrogen (secondary N) is 2. The third-order valence-corrected chi connectivity index (χ3v) is 4.36. The van der Waals surface area contributed by atoms with Gasteiger partial charge in [-0.25, -0.2) is 0 Å². The van der Waals surface area contributed by atoms with Crippen LogP contribution in [0.5, 0.6) is 0 Å². The molecule has 2 unspecified atom stereocenters. The number of carbonyl (C=O) groups is 2. The van der Waals surface area contributed by atoms with Crippen LogP contribution in [0.1, 0.15) is 55.4 Å². The highest BCUT2D eigenvalue weighted by molar-refractivity contribution is 6.01. The average molecular weight is 349 g/mol. The molecule has 4 N–H and O–H groups in total. The standard InChI is InChI=1S/C18H27N3O4/c1-4-12-14(13-5-6-15(22)21-18(13)23)10-25-17(12)11(2)9-16(20-3)24-8-7-19/h9-11,13,20H,4-8,19H2,1-3H3,(H,21,22,23)/b16-9+. The highest BCUT2D eigenvalue weighted by Gasteiger charge is 2.32. The Bertz CT molecular complexity index is 651. The van der Waals surface area contributed by atoms with Gasteiger partial charge in [-0.2, -0.15) is 0 Å². The van der Waals surface area contributed by atoms with Gasteiger partial charge < -0.3 is 20.2 Å². The fourth-order valence-corrected chi connectivity index (χ4v) is 3.13. The van der Waals surface area contributed by atoms with Crippen LogP contribution in [-0.2, 0) is 20.7 Å². The Morgan fingerprint density at radius 1 is 1.56 bits per heavy atom. The topological polar surface area (TPSA) is 107 Å². The van der Waals surface area contributed by atoms with E-state index in [2.05, 4.69) is 10.6 Å². The van der Waals surface area contributed by atoms with Gasteiger partial charge in [0.1, 0.15) is 12.4 Å². The molecule has 25 heavy (non-hydrogen) atoms. The van der Waals surface area contributed by atoms with Gasteiger partial charge in [0.05, 0.1) is 12.2 Å². The summed E-state index contributed by atoms with van der Waals surface area (Å²) >= 11 is 0. The second-order valence-electron chi connectivity index (χ2n) is 6.10. The quantitative estimate of drug-likeness (QED) is 0.485. The van der Waals surface area contributed by atoms with E-state index in [1.165, 1.54) is 0 Å². The lowest BCUT2D eigenvalue weighted by molar-refractivity contribution is -0.134. The molecule has 1 aliphatic rings. The molecule has 1 aromatic rings. The molecular weight excluding hydrogens is 322 g/mol. The zero-order chi connectivity index (χ0) is 18.4. The molecule has 1 aliphatic heterocycles. The number of ether oxygens (including phenoxy) is 1. The van der Waals surface area contributed by atoms with Gasteiger partial charge >= 0.3 is 0 Å². The molecule has 2 heterocycles. The van der Waals surface area contributed by atoms with E-state index in [-0.39, 0.29) is 23.7 Å². The van der Waals surface area contributed by atoms with E-state index in [0.717, 1.165) is 23.3 Å². The summed E-state index contributed by atoms with van der Waals surface area (Å²) in [4.78, 5) is 23.5. The van der Waals surface area contributed by atoms with Crippen LogP contribution < -0.4 is 16.4 Å². The normalized spacial score (nSPS) is 19.5. The molecule has 1 aromatic heterocycles. The average Bonchev–Trinajstić information content (AvgIpc) is 3.02. The van der Waals surface area contributed by atoms with Crippen molar-refractivity contribution >= 4 is 11.8 Å². The summed E-state index contributed by atoms with van der Waals surface area (Å²) in [5.41, 5.74) is 7.36. The Labute approximate surface area is 148 Å². The van der Waals surface area contributed by atoms with Gasteiger partial charge in [-0.05, 0) is 24.5 Å². The summed E-state index contributed by atoms with van der Waals surface area (Å²) < 4.78 is 11.3. The second-order valence-corrected chi connectivity index (χ2v) is 6.10. The first-order chi connectivity index (χ1) is 12.0. The first kappa shape index (κ1) is 19.1. The van der Waals surface area contributed by atoms with Crippen LogP contribution in [0.15, 0.2) is 22.6 Å². The molecular formula is C18H27N3O4. The minimum Gasteiger partial charge on any atom is -0.478 e. The molecule has 0 radical (unpaired) electrons. The number of hydrogen-bond acceptors (Lipinski definition) is 6. The van der Waals surface area contributed by atoms with Gasteiger partial charge in [0, 0.05) is 31.5 Å². The zero-order valence-electron chi connectivity index (χ0n) is 15.1. The maximum atomic E-state index is 12.2. The molecule has 0 bridgehead atoms. The lowest BCUT2D eigenvalue weighted by Gasteiger charge is -2.21. The van der Waals surface area contributed by atoms with E-state index in [1.54, 1.807) is 13.3 Å². The minimum atomic E-state index is -0.335. The van der Waals surface area contributed by atoms with Crippen LogP contribution in [0.25, 0.3) is 0 Å². The SMILES string of the molecule is CCc1c(C2CCC(=O)NC2=O)coc1C(C)/C=C(\NC)OCCN. The third-order valence-electron chi connectivity index (χ3n) is 4.36. The maximum Gasteiger partial charge on any atom is 0.234 e. The smallest absolute Gasteiger partial charge is 0.234 e. The lowest BCUT2D eigenvalue weighted by Crippen LogP contribution is -2.39. The van der Waals surface area contributed by atoms with Gasteiger partial charge in [0.25, 0.3) is 0 Å². The van der Waals surface area contributed by atoms with E-state index in [1.807, 2.05) is 19.9 Å². The van der Waals surface area contributed by atoms with Crippen molar-refractivity contribution in [1.29, 1.82) is 0 Å². The van der Waals surface area contributed by atoms with Crippen molar-refractivity contribution in [3.63, 3.8) is 0 Å². The fraction of sp³-hybridized carbons (Fsp3) is 0.556. The summed E-state index contributed by atoms with van der Waals surface area (Å²) in [5, 5.41) is 5.41. The minimum absolute atomic E-state index is 0.0304. The molecule has 7 heteroatoms. The number of furan rings is 1. The number of hydrogen-bond donors (Lipinski definition) is 3. The maximum absolute atomic E-state index is 12.2. The van der Waals surface area contributed by atoms with E-state index in [0.29, 0.717) is 31.9 Å². The van der Waals surface area contributed by atoms with Crippen LogP contribution in [-0.4, -0.2) is 32.0 Å². The van der Waals surface area contributed by atoms with Crippen molar-refractivity contribution in [3.05, 3.63) is 35.1 Å². The molecule has 0 spiro atoms. The van der Waals surface area contributed by atoms with Crippen LogP contribution in [0.3, 0.4) is 0 Å². The molecule has 1 fully saturated rings. The molecule has 0 aromatic carbocycles. The molecule has 7 nitrogen and oxygen atoms in total. The Morgan fingerprint density at radius 3 is 2.92 bits per heavy atom. The van der Waals surface area contributed by atoms with Crippen molar-refractivity contribution < 1.29 is 18.7 Å². The fourth-order valence-electron chi connectivity index (χ4n) is 3.13. The summed E-state index contributed by atoms with van der Waals surface area (Å²) in [6.07, 6.45) is 5.20. The number of amides is 2. The summed E-state index contributed by atoms with van der Waals surface area (Å²) in [6, 6.07) is 0. The van der Waals surface area contributed by atoms with Gasteiger partial charge in [-0.15, -0.1) is 0 Å². The predicted octanol–water partition coefficient (Wildman–Crippen LogP) is 1.50. The number of allylic oxidation sites excluding steroid dienone is 1. The van der Waals surface area contributed by atoms with E-state index >= 15 is 0 Å². The third kappa shape index (κ3) is 4.42. The molecule has 0 aliphatic carbocycles. The number of imide groups is 1. The summed E-state index contributed by atoms with van der Waals surface area (Å²) in [7, 11) is 1.78. The van der Waals surface area contributed by atoms with Gasteiger partial charge in [-0.3, -0.25) is 14.9 Å². The van der Waals surface area contributed by atoms with Crippen LogP contribution >= 0.6 is 0 Å². The largest absolute Gasteiger partial charge is 0.478 e. The van der Waals surface area contributed by atoms with E-state index in [9.17, 15) is 9.59 Å². The van der Waals surface area contributed by atoms with Gasteiger partial charge in [-0.1, -0.05) is 13.8 Å². The Kier molecular flexibility index (Phi) is 6.64. The highest BCUT2D eigenvalue weighted by atomic mass is 16.5. The predicted molar refractivity (Wildman–Crippen MR) is 93.8 cm³/mol. The lowest BCUT2D eigenvalue weighted by atomic mass is 9.87. The number of rotatable bonds is 8. The zero-order valence-corrected chi connectivity index (χ0v) is 15.1. The molecule has 1 saturated heterocycles. The van der Waals surface area contributed by atoms with E-state index in [4.69, 9.17) is 14.9 Å². The first-order valence-electron chi connectivity index (χ1n) is 8.68. The molecule has 2 rings (SSSR count). The highest BCUT2D eigenvalue weighted by Crippen LogP contribution is 2.34. The Balaban J connectivity index is 2.25. The van der Waals surface area contributed by atoms with Crippen molar-refractivity contribution in [1.82, 2.24) is 10.6 Å². The number of nitrogens with two attached hydrogens (primary N) is 1. The van der Waals surface area contributed by atoms with E-state index < -0.39 is 0 Å². The van der Waals surface area contributed by atoms with Gasteiger partial charge in [0.15, 0.2) is 5.88 Å². The Morgan fingerprint density at radius 2 is 2.32 bits per heavy atom. The first-order valence-corrected chi connectivity index (χ1v) is 8.68. The van der Waals surface area contributed by atoms with Gasteiger partial charge in [0.2, 0.25) is 11.8 Å². The van der Waals surface area contributed by atoms with Crippen LogP contribution in [0.2, 0.25) is 0 Å². The molecule has 2 amide bonds. The monoisotopic (exact) mass is 349 g/mol. The second kappa shape index (κ2) is 8.71. The van der Waals surface area contributed by atoms with Crippen molar-refractivity contribution in [2.24, 2.45) is 5.73 Å². The molecule has 2 atom stereocenters.